The van der Waals surface area contributed by atoms with E-state index < -0.39 is 0 Å². The molecule has 0 bridgehead atoms. The average Bonchev–Trinajstić information content (AvgIpc) is 3.08. The number of rotatable bonds is 3. The molecule has 3 aliphatic heterocycles. The van der Waals surface area contributed by atoms with Crippen molar-refractivity contribution in [2.75, 3.05) is 36.1 Å². The van der Waals surface area contributed by atoms with Crippen molar-refractivity contribution in [2.24, 2.45) is 5.41 Å². The highest BCUT2D eigenvalue weighted by molar-refractivity contribution is 8.03. The number of imidazole rings is 1. The van der Waals surface area contributed by atoms with Crippen LogP contribution in [0.1, 0.15) is 19.3 Å². The average molecular weight is 368 g/mol. The number of hydrogen-bond acceptors (Lipinski definition) is 6. The van der Waals surface area contributed by atoms with Gasteiger partial charge in [-0.05, 0) is 25.9 Å². The summed E-state index contributed by atoms with van der Waals surface area (Å²) in [6.45, 7) is 2.81. The van der Waals surface area contributed by atoms with Gasteiger partial charge in [0.25, 0.3) is 0 Å². The van der Waals surface area contributed by atoms with Crippen LogP contribution >= 0.6 is 23.5 Å². The summed E-state index contributed by atoms with van der Waals surface area (Å²) in [5.74, 6) is 5.08. The number of esters is 1. The molecule has 1 unspecified atom stereocenters. The Labute approximate surface area is 151 Å². The molecule has 4 rings (SSSR count). The van der Waals surface area contributed by atoms with E-state index in [1.807, 2.05) is 10.8 Å². The van der Waals surface area contributed by atoms with Gasteiger partial charge in [-0.3, -0.25) is 9.69 Å². The van der Waals surface area contributed by atoms with Gasteiger partial charge in [-0.1, -0.05) is 0 Å². The molecule has 0 aromatic carbocycles. The zero-order chi connectivity index (χ0) is 16.4. The fourth-order valence-corrected chi connectivity index (χ4v) is 6.74. The first-order chi connectivity index (χ1) is 11.8. The molecule has 0 saturated carbocycles. The van der Waals surface area contributed by atoms with Crippen LogP contribution < -0.4 is 0 Å². The topological polar surface area (TPSA) is 47.4 Å². The summed E-state index contributed by atoms with van der Waals surface area (Å²) in [6.07, 6.45) is 8.28. The van der Waals surface area contributed by atoms with Crippen LogP contribution in [0.15, 0.2) is 18.7 Å². The Hall–Kier alpha value is -0.660. The second-order valence-corrected chi connectivity index (χ2v) is 9.41. The van der Waals surface area contributed by atoms with Gasteiger partial charge < -0.3 is 9.30 Å². The lowest BCUT2D eigenvalue weighted by Gasteiger charge is -2.40. The molecule has 1 aromatic heterocycles. The number of nitrogens with zero attached hydrogens (tertiary/aromatic N) is 3. The lowest BCUT2D eigenvalue weighted by atomic mass is 9.76. The van der Waals surface area contributed by atoms with Crippen LogP contribution in [-0.4, -0.2) is 68.7 Å². The molecule has 0 N–H and O–H groups in total. The van der Waals surface area contributed by atoms with Crippen molar-refractivity contribution in [1.82, 2.24) is 14.5 Å². The van der Waals surface area contributed by atoms with Crippen molar-refractivity contribution < 1.29 is 9.53 Å². The lowest BCUT2D eigenvalue weighted by molar-refractivity contribution is -0.151. The van der Waals surface area contributed by atoms with Crippen LogP contribution in [0.5, 0.6) is 0 Å². The maximum atomic E-state index is 12.6. The molecule has 24 heavy (non-hydrogen) atoms. The van der Waals surface area contributed by atoms with E-state index in [2.05, 4.69) is 33.4 Å². The first-order valence-corrected chi connectivity index (χ1v) is 11.1. The summed E-state index contributed by atoms with van der Waals surface area (Å²) in [6, 6.07) is 0.680. The van der Waals surface area contributed by atoms with E-state index in [0.29, 0.717) is 6.04 Å². The van der Waals surface area contributed by atoms with Crippen LogP contribution in [0.4, 0.5) is 0 Å². The quantitative estimate of drug-likeness (QED) is 0.763. The number of likely N-dealkylation sites (tertiary alicyclic amines) is 1. The van der Waals surface area contributed by atoms with Crippen LogP contribution in [0.3, 0.4) is 0 Å². The van der Waals surface area contributed by atoms with Gasteiger partial charge in [-0.25, -0.2) is 4.98 Å². The number of thioether (sulfide) groups is 2. The SMILES string of the molecule is O=C1OC(Cn2ccnc2)CC12CCN(C1CSCCSC1)CC2. The highest BCUT2D eigenvalue weighted by atomic mass is 32.2. The standard InChI is InChI=1S/C17H25N3O2S2/c21-16-17(9-15(22-16)10-19-6-3-18-13-19)1-4-20(5-2-17)14-11-23-7-8-24-12-14/h3,6,13-15H,1-2,4-5,7-12H2. The third-order valence-electron chi connectivity index (χ3n) is 5.56. The van der Waals surface area contributed by atoms with E-state index in [1.165, 1.54) is 23.0 Å². The number of ether oxygens (including phenoxy) is 1. The van der Waals surface area contributed by atoms with Gasteiger partial charge in [0, 0.05) is 47.9 Å². The molecule has 3 aliphatic rings. The Balaban J connectivity index is 1.34. The highest BCUT2D eigenvalue weighted by Crippen LogP contribution is 2.44. The molecular weight excluding hydrogens is 342 g/mol. The van der Waals surface area contributed by atoms with Crippen molar-refractivity contribution >= 4 is 29.5 Å². The van der Waals surface area contributed by atoms with E-state index >= 15 is 0 Å². The molecule has 5 nitrogen and oxygen atoms in total. The number of aromatic nitrogens is 2. The van der Waals surface area contributed by atoms with Gasteiger partial charge in [-0.2, -0.15) is 23.5 Å². The fraction of sp³-hybridized carbons (Fsp3) is 0.765. The zero-order valence-corrected chi connectivity index (χ0v) is 15.6. The Kier molecular flexibility index (Phi) is 5.10. The minimum Gasteiger partial charge on any atom is -0.460 e. The molecule has 4 heterocycles. The van der Waals surface area contributed by atoms with Crippen LogP contribution in [0, 0.1) is 5.41 Å². The van der Waals surface area contributed by atoms with Crippen molar-refractivity contribution in [2.45, 2.75) is 38.0 Å². The molecule has 0 radical (unpaired) electrons. The van der Waals surface area contributed by atoms with Gasteiger partial charge in [0.15, 0.2) is 0 Å². The Morgan fingerprint density at radius 3 is 2.67 bits per heavy atom. The van der Waals surface area contributed by atoms with E-state index in [-0.39, 0.29) is 17.5 Å². The normalized spacial score (nSPS) is 28.8. The van der Waals surface area contributed by atoms with Crippen LogP contribution in [0.2, 0.25) is 0 Å². The Morgan fingerprint density at radius 2 is 2.00 bits per heavy atom. The molecular formula is C17H25N3O2S2. The number of hydrogen-bond donors (Lipinski definition) is 0. The number of carbonyl (C=O) groups excluding carboxylic acids is 1. The van der Waals surface area contributed by atoms with E-state index in [0.717, 1.165) is 38.9 Å². The Morgan fingerprint density at radius 1 is 1.25 bits per heavy atom. The van der Waals surface area contributed by atoms with E-state index in [4.69, 9.17) is 4.74 Å². The van der Waals surface area contributed by atoms with Gasteiger partial charge >= 0.3 is 5.97 Å². The number of piperidine rings is 1. The van der Waals surface area contributed by atoms with E-state index in [9.17, 15) is 4.79 Å². The predicted molar refractivity (Wildman–Crippen MR) is 98.4 cm³/mol. The number of cyclic esters (lactones) is 1. The predicted octanol–water partition coefficient (Wildman–Crippen LogP) is 2.13. The highest BCUT2D eigenvalue weighted by Gasteiger charge is 2.50. The van der Waals surface area contributed by atoms with Crippen molar-refractivity contribution in [3.05, 3.63) is 18.7 Å². The minimum absolute atomic E-state index is 0.00208. The summed E-state index contributed by atoms with van der Waals surface area (Å²) >= 11 is 4.16. The summed E-state index contributed by atoms with van der Waals surface area (Å²) < 4.78 is 7.72. The molecule has 1 aromatic rings. The zero-order valence-electron chi connectivity index (χ0n) is 13.9. The first kappa shape index (κ1) is 16.8. The maximum absolute atomic E-state index is 12.6. The van der Waals surface area contributed by atoms with Crippen molar-refractivity contribution in [3.8, 4) is 0 Å². The second kappa shape index (κ2) is 7.30. The molecule has 0 aliphatic carbocycles. The molecule has 132 valence electrons. The minimum atomic E-state index is -0.229. The van der Waals surface area contributed by atoms with Crippen molar-refractivity contribution in [1.29, 1.82) is 0 Å². The van der Waals surface area contributed by atoms with Gasteiger partial charge in [0.2, 0.25) is 0 Å². The van der Waals surface area contributed by atoms with Crippen LogP contribution in [-0.2, 0) is 16.1 Å². The van der Waals surface area contributed by atoms with Crippen molar-refractivity contribution in [3.63, 3.8) is 0 Å². The smallest absolute Gasteiger partial charge is 0.312 e. The second-order valence-electron chi connectivity index (χ2n) is 7.11. The molecule has 3 saturated heterocycles. The third kappa shape index (κ3) is 3.48. The molecule has 3 fully saturated rings. The Bertz CT molecular complexity index is 550. The van der Waals surface area contributed by atoms with Gasteiger partial charge in [0.1, 0.15) is 6.10 Å². The molecule has 0 amide bonds. The monoisotopic (exact) mass is 367 g/mol. The van der Waals surface area contributed by atoms with Gasteiger partial charge in [-0.15, -0.1) is 0 Å². The summed E-state index contributed by atoms with van der Waals surface area (Å²) in [7, 11) is 0. The summed E-state index contributed by atoms with van der Waals surface area (Å²) in [5, 5.41) is 0. The maximum Gasteiger partial charge on any atom is 0.312 e. The van der Waals surface area contributed by atoms with Crippen LogP contribution in [0.25, 0.3) is 0 Å². The molecule has 1 spiro atoms. The first-order valence-electron chi connectivity index (χ1n) is 8.82. The summed E-state index contributed by atoms with van der Waals surface area (Å²) in [5.41, 5.74) is -0.229. The number of carbonyl (C=O) groups is 1. The van der Waals surface area contributed by atoms with Gasteiger partial charge in [0.05, 0.1) is 18.3 Å². The molecule has 7 heteroatoms. The fourth-order valence-electron chi connectivity index (χ4n) is 4.11. The lowest BCUT2D eigenvalue weighted by Crippen LogP contribution is -2.48. The van der Waals surface area contributed by atoms with E-state index in [1.54, 1.807) is 12.5 Å². The third-order valence-corrected chi connectivity index (χ3v) is 8.05. The molecule has 1 atom stereocenters. The largest absolute Gasteiger partial charge is 0.460 e. The summed E-state index contributed by atoms with van der Waals surface area (Å²) in [4.78, 5) is 19.2.